The number of ether oxygens (including phenoxy) is 1. The molecule has 0 radical (unpaired) electrons. The van der Waals surface area contributed by atoms with E-state index in [-0.39, 0.29) is 0 Å². The van der Waals surface area contributed by atoms with Crippen molar-refractivity contribution in [2.24, 2.45) is 0 Å². The fourth-order valence-corrected chi connectivity index (χ4v) is 2.11. The number of fused-ring (bicyclic) bond motifs is 1. The number of nitrogens with one attached hydrogen (secondary N) is 1. The fourth-order valence-electron chi connectivity index (χ4n) is 2.11. The lowest BCUT2D eigenvalue weighted by Crippen LogP contribution is -2.35. The van der Waals surface area contributed by atoms with E-state index >= 15 is 0 Å². The average Bonchev–Trinajstić information content (AvgIpc) is 2.95. The van der Waals surface area contributed by atoms with Gasteiger partial charge in [0, 0.05) is 6.20 Å². The summed E-state index contributed by atoms with van der Waals surface area (Å²) in [5, 5.41) is 28.5. The Balaban J connectivity index is 2.04. The highest BCUT2D eigenvalue weighted by atomic mass is 16.6. The first-order valence-electron chi connectivity index (χ1n) is 5.66. The van der Waals surface area contributed by atoms with Crippen LogP contribution in [0.25, 0.3) is 11.2 Å². The molecule has 3 rings (SSSR count). The van der Waals surface area contributed by atoms with Crippen molar-refractivity contribution in [3.8, 4) is 0 Å². The molecule has 0 spiro atoms. The van der Waals surface area contributed by atoms with E-state index in [2.05, 4.69) is 15.0 Å². The molecule has 1 aliphatic rings. The Labute approximate surface area is 106 Å². The summed E-state index contributed by atoms with van der Waals surface area (Å²) in [6.45, 7) is -0.457. The van der Waals surface area contributed by atoms with Gasteiger partial charge in [-0.05, 0) is 0 Å². The van der Waals surface area contributed by atoms with Gasteiger partial charge in [-0.3, -0.25) is 4.57 Å². The Morgan fingerprint density at radius 2 is 2.21 bits per heavy atom. The summed E-state index contributed by atoms with van der Waals surface area (Å²) in [4.78, 5) is 22.2. The van der Waals surface area contributed by atoms with E-state index in [0.717, 1.165) is 4.57 Å². The highest BCUT2D eigenvalue weighted by Crippen LogP contribution is 2.28. The number of aliphatic hydroxyl groups excluding tert-OH is 3. The van der Waals surface area contributed by atoms with Gasteiger partial charge in [0.2, 0.25) is 0 Å². The van der Waals surface area contributed by atoms with Crippen LogP contribution in [-0.2, 0) is 4.74 Å². The monoisotopic (exact) mass is 268 g/mol. The van der Waals surface area contributed by atoms with E-state index in [4.69, 9.17) is 9.84 Å². The minimum absolute atomic E-state index is 0.327. The molecule has 4 atom stereocenters. The van der Waals surface area contributed by atoms with Crippen molar-refractivity contribution >= 4 is 11.2 Å². The minimum atomic E-state index is -1.33. The number of imidazole rings is 1. The number of H-pyrrole nitrogens is 1. The zero-order valence-electron chi connectivity index (χ0n) is 9.67. The Morgan fingerprint density at radius 3 is 2.89 bits per heavy atom. The third kappa shape index (κ3) is 1.83. The van der Waals surface area contributed by atoms with E-state index in [1.54, 1.807) is 0 Å². The lowest BCUT2D eigenvalue weighted by Gasteiger charge is -2.16. The molecular formula is C10H12N4O5. The molecule has 0 aliphatic carbocycles. The van der Waals surface area contributed by atoms with Gasteiger partial charge < -0.3 is 25.0 Å². The molecule has 3 heterocycles. The minimum Gasteiger partial charge on any atom is -0.394 e. The molecule has 0 saturated carbocycles. The standard InChI is InChI=1S/C10H12N4O5/c15-2-5-6(16)7(17)9(19-5)14-1-4-8(12-3-11-4)13-10(14)18/h1,3,5-7,9,15-17H,2H2,(H,11,12,13,18)/t5-,6?,7+,9-/m1/s1. The van der Waals surface area contributed by atoms with E-state index < -0.39 is 36.8 Å². The third-order valence-electron chi connectivity index (χ3n) is 3.13. The predicted octanol–water partition coefficient (Wildman–Crippen LogP) is -2.27. The van der Waals surface area contributed by atoms with Crippen molar-refractivity contribution in [2.45, 2.75) is 24.5 Å². The van der Waals surface area contributed by atoms with Crippen LogP contribution >= 0.6 is 0 Å². The van der Waals surface area contributed by atoms with Crippen molar-refractivity contribution in [3.05, 3.63) is 23.0 Å². The first kappa shape index (κ1) is 12.2. The second-order valence-electron chi connectivity index (χ2n) is 4.30. The zero-order valence-corrected chi connectivity index (χ0v) is 9.67. The molecule has 1 fully saturated rings. The Kier molecular flexibility index (Phi) is 2.82. The maximum Gasteiger partial charge on any atom is 0.351 e. The first-order chi connectivity index (χ1) is 9.11. The Hall–Kier alpha value is -1.81. The van der Waals surface area contributed by atoms with E-state index in [1.165, 1.54) is 12.5 Å². The van der Waals surface area contributed by atoms with Gasteiger partial charge in [0.15, 0.2) is 11.9 Å². The van der Waals surface area contributed by atoms with Crippen molar-refractivity contribution in [2.75, 3.05) is 6.61 Å². The quantitative estimate of drug-likeness (QED) is 0.482. The van der Waals surface area contributed by atoms with Gasteiger partial charge >= 0.3 is 5.69 Å². The molecule has 9 nitrogen and oxygen atoms in total. The van der Waals surface area contributed by atoms with Crippen LogP contribution in [0.2, 0.25) is 0 Å². The topological polar surface area (TPSA) is 133 Å². The lowest BCUT2D eigenvalue weighted by molar-refractivity contribution is -0.0547. The highest BCUT2D eigenvalue weighted by molar-refractivity contribution is 5.67. The molecule has 19 heavy (non-hydrogen) atoms. The average molecular weight is 268 g/mol. The van der Waals surface area contributed by atoms with Gasteiger partial charge in [-0.1, -0.05) is 0 Å². The normalized spacial score (nSPS) is 31.1. The van der Waals surface area contributed by atoms with Crippen LogP contribution < -0.4 is 5.69 Å². The first-order valence-corrected chi connectivity index (χ1v) is 5.66. The van der Waals surface area contributed by atoms with Gasteiger partial charge in [0.1, 0.15) is 23.8 Å². The van der Waals surface area contributed by atoms with Crippen molar-refractivity contribution in [1.82, 2.24) is 19.5 Å². The second-order valence-corrected chi connectivity index (χ2v) is 4.30. The highest BCUT2D eigenvalue weighted by Gasteiger charge is 2.43. The smallest absolute Gasteiger partial charge is 0.351 e. The van der Waals surface area contributed by atoms with E-state index in [9.17, 15) is 15.0 Å². The molecular weight excluding hydrogens is 256 g/mol. The van der Waals surface area contributed by atoms with Crippen LogP contribution in [0.3, 0.4) is 0 Å². The summed E-state index contributed by atoms with van der Waals surface area (Å²) in [5.74, 6) is 0. The van der Waals surface area contributed by atoms with Crippen LogP contribution in [0.5, 0.6) is 0 Å². The number of hydrogen-bond donors (Lipinski definition) is 4. The zero-order chi connectivity index (χ0) is 13.6. The van der Waals surface area contributed by atoms with Gasteiger partial charge in [0.05, 0.1) is 12.9 Å². The molecule has 102 valence electrons. The molecule has 0 bridgehead atoms. The van der Waals surface area contributed by atoms with Gasteiger partial charge in [-0.2, -0.15) is 4.98 Å². The fraction of sp³-hybridized carbons (Fsp3) is 0.500. The summed E-state index contributed by atoms with van der Waals surface area (Å²) in [6, 6.07) is 0. The molecule has 1 saturated heterocycles. The molecule has 0 amide bonds. The maximum atomic E-state index is 11.8. The summed E-state index contributed by atoms with van der Waals surface area (Å²) in [6.07, 6.45) is -1.87. The van der Waals surface area contributed by atoms with Crippen molar-refractivity contribution in [3.63, 3.8) is 0 Å². The predicted molar refractivity (Wildman–Crippen MR) is 61.2 cm³/mol. The number of aliphatic hydroxyl groups is 3. The van der Waals surface area contributed by atoms with Crippen LogP contribution in [0.4, 0.5) is 0 Å². The van der Waals surface area contributed by atoms with Crippen LogP contribution in [0, 0.1) is 0 Å². The maximum absolute atomic E-state index is 11.8. The van der Waals surface area contributed by atoms with E-state index in [1.807, 2.05) is 0 Å². The van der Waals surface area contributed by atoms with Gasteiger partial charge in [-0.15, -0.1) is 0 Å². The summed E-state index contributed by atoms with van der Waals surface area (Å²) in [7, 11) is 0. The Bertz CT molecular complexity index is 653. The van der Waals surface area contributed by atoms with Crippen molar-refractivity contribution < 1.29 is 20.1 Å². The summed E-state index contributed by atoms with van der Waals surface area (Å²) < 4.78 is 6.31. The molecule has 1 aliphatic heterocycles. The molecule has 1 unspecified atom stereocenters. The second kappa shape index (κ2) is 4.38. The molecule has 4 N–H and O–H groups in total. The van der Waals surface area contributed by atoms with E-state index in [0.29, 0.717) is 11.2 Å². The summed E-state index contributed by atoms with van der Waals surface area (Å²) >= 11 is 0. The lowest BCUT2D eigenvalue weighted by atomic mass is 10.1. The van der Waals surface area contributed by atoms with Crippen LogP contribution in [0.1, 0.15) is 6.23 Å². The summed E-state index contributed by atoms with van der Waals surface area (Å²) in [5.41, 5.74) is 0.108. The molecule has 2 aromatic heterocycles. The number of aromatic amines is 1. The number of rotatable bonds is 2. The molecule has 0 aromatic carbocycles. The SMILES string of the molecule is O=c1nc2[nH]cnc2cn1[C@@H]1O[C@H](CO)C(O)[C@@H]1O. The van der Waals surface area contributed by atoms with Gasteiger partial charge in [0.25, 0.3) is 0 Å². The number of hydrogen-bond acceptors (Lipinski definition) is 7. The van der Waals surface area contributed by atoms with Gasteiger partial charge in [-0.25, -0.2) is 9.78 Å². The largest absolute Gasteiger partial charge is 0.394 e. The number of nitrogens with zero attached hydrogens (tertiary/aromatic N) is 3. The van der Waals surface area contributed by atoms with Crippen LogP contribution in [-0.4, -0.2) is 59.8 Å². The van der Waals surface area contributed by atoms with Crippen molar-refractivity contribution in [1.29, 1.82) is 0 Å². The van der Waals surface area contributed by atoms with Crippen LogP contribution in [0.15, 0.2) is 17.3 Å². The Morgan fingerprint density at radius 1 is 1.42 bits per heavy atom. The third-order valence-corrected chi connectivity index (χ3v) is 3.13. The molecule has 9 heteroatoms. The number of aromatic nitrogens is 4. The molecule has 2 aromatic rings.